The Morgan fingerprint density at radius 3 is 2.75 bits per heavy atom. The van der Waals surface area contributed by atoms with Crippen molar-refractivity contribution in [2.75, 3.05) is 0 Å². The van der Waals surface area contributed by atoms with Crippen LogP contribution in [0.25, 0.3) is 10.1 Å². The number of thiophene rings is 1. The summed E-state index contributed by atoms with van der Waals surface area (Å²) >= 11 is 1.69. The van der Waals surface area contributed by atoms with Gasteiger partial charge in [0.25, 0.3) is 0 Å². The SMILES string of the molecule is c1ccc(Oc2nccc3sccc23)cc1. The molecule has 0 radical (unpaired) electrons. The molecule has 0 spiro atoms. The molecule has 2 heterocycles. The normalized spacial score (nSPS) is 10.5. The summed E-state index contributed by atoms with van der Waals surface area (Å²) in [5.74, 6) is 1.48. The maximum Gasteiger partial charge on any atom is 0.227 e. The van der Waals surface area contributed by atoms with Crippen LogP contribution in [0, 0.1) is 0 Å². The first-order chi connectivity index (χ1) is 7.93. The van der Waals surface area contributed by atoms with Gasteiger partial charge in [-0.1, -0.05) is 18.2 Å². The molecule has 1 aromatic carbocycles. The molecule has 2 aromatic heterocycles. The van der Waals surface area contributed by atoms with E-state index in [4.69, 9.17) is 4.74 Å². The zero-order valence-corrected chi connectivity index (χ0v) is 9.28. The van der Waals surface area contributed by atoms with E-state index in [1.54, 1.807) is 17.5 Å². The third kappa shape index (κ3) is 1.66. The van der Waals surface area contributed by atoms with Crippen LogP contribution in [0.15, 0.2) is 54.0 Å². The predicted molar refractivity (Wildman–Crippen MR) is 66.1 cm³/mol. The van der Waals surface area contributed by atoms with Crippen molar-refractivity contribution in [1.82, 2.24) is 4.98 Å². The van der Waals surface area contributed by atoms with Gasteiger partial charge in [-0.15, -0.1) is 11.3 Å². The first kappa shape index (κ1) is 9.36. The highest BCUT2D eigenvalue weighted by molar-refractivity contribution is 7.17. The third-order valence-corrected chi connectivity index (χ3v) is 3.18. The van der Waals surface area contributed by atoms with Crippen LogP contribution in [0.3, 0.4) is 0 Å². The van der Waals surface area contributed by atoms with E-state index in [9.17, 15) is 0 Å². The standard InChI is InChI=1S/C13H9NOS/c1-2-4-10(5-3-1)15-13-11-7-9-16-12(11)6-8-14-13/h1-9H. The molecule has 0 saturated carbocycles. The lowest BCUT2D eigenvalue weighted by molar-refractivity contribution is 0.469. The van der Waals surface area contributed by atoms with Gasteiger partial charge in [0, 0.05) is 10.9 Å². The first-order valence-corrected chi connectivity index (χ1v) is 5.86. The quantitative estimate of drug-likeness (QED) is 0.658. The van der Waals surface area contributed by atoms with E-state index in [2.05, 4.69) is 4.98 Å². The minimum Gasteiger partial charge on any atom is -0.438 e. The highest BCUT2D eigenvalue weighted by Gasteiger charge is 2.04. The smallest absolute Gasteiger partial charge is 0.227 e. The van der Waals surface area contributed by atoms with Crippen molar-refractivity contribution in [3.63, 3.8) is 0 Å². The third-order valence-electron chi connectivity index (χ3n) is 2.30. The summed E-state index contributed by atoms with van der Waals surface area (Å²) in [6, 6.07) is 13.7. The zero-order valence-electron chi connectivity index (χ0n) is 8.46. The van der Waals surface area contributed by atoms with E-state index in [1.165, 1.54) is 4.70 Å². The molecule has 3 heteroatoms. The van der Waals surface area contributed by atoms with Gasteiger partial charge in [0.15, 0.2) is 0 Å². The molecule has 0 N–H and O–H groups in total. The Bertz CT molecular complexity index is 603. The average Bonchev–Trinajstić information content (AvgIpc) is 2.80. The van der Waals surface area contributed by atoms with Crippen molar-refractivity contribution in [1.29, 1.82) is 0 Å². The van der Waals surface area contributed by atoms with Crippen molar-refractivity contribution >= 4 is 21.4 Å². The summed E-state index contributed by atoms with van der Waals surface area (Å²) < 4.78 is 6.94. The summed E-state index contributed by atoms with van der Waals surface area (Å²) in [4.78, 5) is 4.26. The van der Waals surface area contributed by atoms with Crippen molar-refractivity contribution in [3.05, 3.63) is 54.0 Å². The Kier molecular flexibility index (Phi) is 2.31. The fraction of sp³-hybridized carbons (Fsp3) is 0. The van der Waals surface area contributed by atoms with E-state index in [1.807, 2.05) is 47.8 Å². The maximum atomic E-state index is 5.75. The predicted octanol–water partition coefficient (Wildman–Crippen LogP) is 4.09. The number of fused-ring (bicyclic) bond motifs is 1. The van der Waals surface area contributed by atoms with Crippen LogP contribution in [0.1, 0.15) is 0 Å². The molecule has 16 heavy (non-hydrogen) atoms. The van der Waals surface area contributed by atoms with Crippen molar-refractivity contribution in [2.24, 2.45) is 0 Å². The number of aromatic nitrogens is 1. The highest BCUT2D eigenvalue weighted by Crippen LogP contribution is 2.30. The molecule has 0 unspecified atom stereocenters. The van der Waals surface area contributed by atoms with Crippen LogP contribution in [0.2, 0.25) is 0 Å². The molecule has 0 aliphatic carbocycles. The summed E-state index contributed by atoms with van der Waals surface area (Å²) in [5.41, 5.74) is 0. The van der Waals surface area contributed by atoms with Gasteiger partial charge in [-0.3, -0.25) is 0 Å². The molecular formula is C13H9NOS. The summed E-state index contributed by atoms with van der Waals surface area (Å²) in [6.07, 6.45) is 1.77. The van der Waals surface area contributed by atoms with E-state index in [0.717, 1.165) is 11.1 Å². The Morgan fingerprint density at radius 1 is 1.00 bits per heavy atom. The minimum absolute atomic E-state index is 0.671. The van der Waals surface area contributed by atoms with E-state index in [0.29, 0.717) is 5.88 Å². The van der Waals surface area contributed by atoms with Crippen molar-refractivity contribution in [3.8, 4) is 11.6 Å². The number of pyridine rings is 1. The molecule has 0 amide bonds. The Labute approximate surface area is 97.1 Å². The second-order valence-corrected chi connectivity index (χ2v) is 4.31. The number of rotatable bonds is 2. The lowest BCUT2D eigenvalue weighted by Gasteiger charge is -2.04. The van der Waals surface area contributed by atoms with Gasteiger partial charge >= 0.3 is 0 Å². The molecule has 2 nitrogen and oxygen atoms in total. The summed E-state index contributed by atoms with van der Waals surface area (Å²) in [5, 5.41) is 3.11. The van der Waals surface area contributed by atoms with Gasteiger partial charge < -0.3 is 4.74 Å². The summed E-state index contributed by atoms with van der Waals surface area (Å²) in [6.45, 7) is 0. The fourth-order valence-electron chi connectivity index (χ4n) is 1.55. The van der Waals surface area contributed by atoms with Gasteiger partial charge in [0.2, 0.25) is 5.88 Å². The molecule has 3 aromatic rings. The van der Waals surface area contributed by atoms with Gasteiger partial charge in [-0.2, -0.15) is 0 Å². The molecule has 0 saturated heterocycles. The number of ether oxygens (including phenoxy) is 1. The Hall–Kier alpha value is -1.87. The average molecular weight is 227 g/mol. The summed E-state index contributed by atoms with van der Waals surface area (Å²) in [7, 11) is 0. The van der Waals surface area contributed by atoms with Gasteiger partial charge in [-0.25, -0.2) is 4.98 Å². The minimum atomic E-state index is 0.671. The Morgan fingerprint density at radius 2 is 1.88 bits per heavy atom. The lowest BCUT2D eigenvalue weighted by atomic mass is 10.3. The largest absolute Gasteiger partial charge is 0.438 e. The highest BCUT2D eigenvalue weighted by atomic mass is 32.1. The van der Waals surface area contributed by atoms with E-state index in [-0.39, 0.29) is 0 Å². The van der Waals surface area contributed by atoms with Gasteiger partial charge in [0.05, 0.1) is 5.39 Å². The van der Waals surface area contributed by atoms with Crippen LogP contribution in [-0.2, 0) is 0 Å². The van der Waals surface area contributed by atoms with Gasteiger partial charge in [0.1, 0.15) is 5.75 Å². The molecule has 0 aliphatic heterocycles. The Balaban J connectivity index is 2.04. The topological polar surface area (TPSA) is 22.1 Å². The monoisotopic (exact) mass is 227 g/mol. The van der Waals surface area contributed by atoms with Crippen LogP contribution >= 0.6 is 11.3 Å². The molecule has 78 valence electrons. The number of hydrogen-bond donors (Lipinski definition) is 0. The van der Waals surface area contributed by atoms with Crippen LogP contribution in [-0.4, -0.2) is 4.98 Å². The molecular weight excluding hydrogens is 218 g/mol. The molecule has 0 atom stereocenters. The number of para-hydroxylation sites is 1. The molecule has 3 rings (SSSR count). The van der Waals surface area contributed by atoms with E-state index < -0.39 is 0 Å². The van der Waals surface area contributed by atoms with Crippen molar-refractivity contribution in [2.45, 2.75) is 0 Å². The second-order valence-electron chi connectivity index (χ2n) is 3.36. The maximum absolute atomic E-state index is 5.75. The second kappa shape index (κ2) is 3.94. The van der Waals surface area contributed by atoms with Gasteiger partial charge in [-0.05, 0) is 29.6 Å². The zero-order chi connectivity index (χ0) is 10.8. The van der Waals surface area contributed by atoms with Crippen molar-refractivity contribution < 1.29 is 4.74 Å². The van der Waals surface area contributed by atoms with Crippen LogP contribution in [0.5, 0.6) is 11.6 Å². The molecule has 0 aliphatic rings. The number of nitrogens with zero attached hydrogens (tertiary/aromatic N) is 1. The van der Waals surface area contributed by atoms with E-state index >= 15 is 0 Å². The van der Waals surface area contributed by atoms with Crippen LogP contribution < -0.4 is 4.74 Å². The number of benzene rings is 1. The fourth-order valence-corrected chi connectivity index (χ4v) is 2.32. The molecule has 0 fully saturated rings. The number of hydrogen-bond acceptors (Lipinski definition) is 3. The van der Waals surface area contributed by atoms with Crippen LogP contribution in [0.4, 0.5) is 0 Å². The first-order valence-electron chi connectivity index (χ1n) is 4.98. The molecule has 0 bridgehead atoms. The lowest BCUT2D eigenvalue weighted by Crippen LogP contribution is -1.86.